The molecule has 0 N–H and O–H groups in total. The summed E-state index contributed by atoms with van der Waals surface area (Å²) in [7, 11) is 0. The number of hydrogen-bond acceptors (Lipinski definition) is 2. The van der Waals surface area contributed by atoms with Crippen LogP contribution in [-0.4, -0.2) is 5.78 Å². The van der Waals surface area contributed by atoms with E-state index in [1.807, 2.05) is 54.6 Å². The van der Waals surface area contributed by atoms with Crippen molar-refractivity contribution in [1.29, 1.82) is 0 Å². The number of allylic oxidation sites excluding steroid dienone is 1. The predicted molar refractivity (Wildman–Crippen MR) is 94.9 cm³/mol. The molecule has 2 heteroatoms. The Hall–Kier alpha value is -2.58. The number of carbonyl (C=O) groups excluding carboxylic acids is 1. The predicted octanol–water partition coefficient (Wildman–Crippen LogP) is 5.47. The van der Waals surface area contributed by atoms with Gasteiger partial charge in [0, 0.05) is 15.4 Å². The zero-order chi connectivity index (χ0) is 15.6. The lowest BCUT2D eigenvalue weighted by molar-refractivity contribution is 0.104. The highest BCUT2D eigenvalue weighted by molar-refractivity contribution is 7.99. The second kappa shape index (κ2) is 5.90. The molecule has 0 amide bonds. The summed E-state index contributed by atoms with van der Waals surface area (Å²) < 4.78 is 0. The molecule has 0 saturated carbocycles. The van der Waals surface area contributed by atoms with Crippen LogP contribution in [0.2, 0.25) is 0 Å². The summed E-state index contributed by atoms with van der Waals surface area (Å²) in [6.07, 6.45) is 1.77. The lowest BCUT2D eigenvalue weighted by atomic mass is 9.95. The summed E-state index contributed by atoms with van der Waals surface area (Å²) in [5.74, 6) is 0.0390. The highest BCUT2D eigenvalue weighted by Crippen LogP contribution is 2.45. The van der Waals surface area contributed by atoms with Gasteiger partial charge in [0.1, 0.15) is 0 Å². The average Bonchev–Trinajstić information content (AvgIpc) is 2.62. The van der Waals surface area contributed by atoms with E-state index in [1.54, 1.807) is 17.8 Å². The average molecular weight is 314 g/mol. The third-order valence-corrected chi connectivity index (χ3v) is 5.06. The van der Waals surface area contributed by atoms with Crippen LogP contribution in [0.4, 0.5) is 0 Å². The summed E-state index contributed by atoms with van der Waals surface area (Å²) in [4.78, 5) is 15.0. The molecule has 3 aromatic rings. The van der Waals surface area contributed by atoms with E-state index in [1.165, 1.54) is 9.79 Å². The van der Waals surface area contributed by atoms with Crippen molar-refractivity contribution in [2.24, 2.45) is 0 Å². The van der Waals surface area contributed by atoms with Crippen molar-refractivity contribution in [3.8, 4) is 0 Å². The maximum Gasteiger partial charge on any atom is 0.186 e. The third kappa shape index (κ3) is 2.62. The Morgan fingerprint density at radius 3 is 1.83 bits per heavy atom. The van der Waals surface area contributed by atoms with Crippen molar-refractivity contribution in [3.63, 3.8) is 0 Å². The largest absolute Gasteiger partial charge is 0.289 e. The number of carbonyl (C=O) groups is 1. The van der Waals surface area contributed by atoms with Gasteiger partial charge in [0.05, 0.1) is 0 Å². The quantitative estimate of drug-likeness (QED) is 0.361. The van der Waals surface area contributed by atoms with Crippen LogP contribution in [0.1, 0.15) is 21.5 Å². The van der Waals surface area contributed by atoms with Crippen molar-refractivity contribution in [1.82, 2.24) is 0 Å². The van der Waals surface area contributed by atoms with Crippen LogP contribution in [0.3, 0.4) is 0 Å². The van der Waals surface area contributed by atoms with Gasteiger partial charge in [-0.3, -0.25) is 4.79 Å². The molecule has 1 aliphatic rings. The van der Waals surface area contributed by atoms with Crippen LogP contribution in [0, 0.1) is 0 Å². The zero-order valence-corrected chi connectivity index (χ0v) is 13.2. The first-order valence-corrected chi connectivity index (χ1v) is 8.32. The zero-order valence-electron chi connectivity index (χ0n) is 12.4. The molecule has 0 bridgehead atoms. The van der Waals surface area contributed by atoms with Crippen LogP contribution < -0.4 is 0 Å². The standard InChI is InChI=1S/C21H14OS/c22-19(15-8-2-1-3-9-15)14-18-16-10-4-6-12-20(16)23-21-13-7-5-11-17(18)21/h1-14H. The van der Waals surface area contributed by atoms with E-state index in [9.17, 15) is 4.79 Å². The van der Waals surface area contributed by atoms with Crippen LogP contribution in [0.5, 0.6) is 0 Å². The van der Waals surface area contributed by atoms with Gasteiger partial charge in [0.25, 0.3) is 0 Å². The highest BCUT2D eigenvalue weighted by atomic mass is 32.2. The molecule has 23 heavy (non-hydrogen) atoms. The molecule has 110 valence electrons. The molecule has 1 nitrogen and oxygen atoms in total. The lowest BCUT2D eigenvalue weighted by Crippen LogP contribution is -2.02. The molecule has 1 heterocycles. The van der Waals surface area contributed by atoms with Crippen LogP contribution in [-0.2, 0) is 0 Å². The van der Waals surface area contributed by atoms with Gasteiger partial charge in [-0.2, -0.15) is 0 Å². The van der Waals surface area contributed by atoms with Crippen molar-refractivity contribution in [3.05, 3.63) is 102 Å². The summed E-state index contributed by atoms with van der Waals surface area (Å²) in [5.41, 5.74) is 3.97. The number of ketones is 1. The number of fused-ring (bicyclic) bond motifs is 2. The lowest BCUT2D eigenvalue weighted by Gasteiger charge is -2.21. The maximum absolute atomic E-state index is 12.6. The second-order valence-electron chi connectivity index (χ2n) is 5.38. The first-order chi connectivity index (χ1) is 11.3. The molecule has 0 fully saturated rings. The van der Waals surface area contributed by atoms with Crippen LogP contribution in [0.25, 0.3) is 5.57 Å². The van der Waals surface area contributed by atoms with Gasteiger partial charge < -0.3 is 0 Å². The summed E-state index contributed by atoms with van der Waals surface area (Å²) in [6.45, 7) is 0. The van der Waals surface area contributed by atoms with E-state index in [-0.39, 0.29) is 5.78 Å². The Labute approximate surface area is 139 Å². The molecule has 4 rings (SSSR count). The van der Waals surface area contributed by atoms with Crippen molar-refractivity contribution >= 4 is 23.1 Å². The fourth-order valence-electron chi connectivity index (χ4n) is 2.79. The van der Waals surface area contributed by atoms with Crippen LogP contribution >= 0.6 is 11.8 Å². The van der Waals surface area contributed by atoms with Gasteiger partial charge in [-0.1, -0.05) is 78.5 Å². The minimum atomic E-state index is 0.0390. The SMILES string of the molecule is O=C(C=C1c2ccccc2Sc2ccccc21)c1ccccc1. The molecule has 0 atom stereocenters. The fraction of sp³-hybridized carbons (Fsp3) is 0. The van der Waals surface area contributed by atoms with Gasteiger partial charge in [-0.05, 0) is 34.9 Å². The van der Waals surface area contributed by atoms with Gasteiger partial charge >= 0.3 is 0 Å². The first kappa shape index (κ1) is 14.0. The number of rotatable bonds is 2. The summed E-state index contributed by atoms with van der Waals surface area (Å²) in [5, 5.41) is 0. The van der Waals surface area contributed by atoms with Gasteiger partial charge in [0.2, 0.25) is 0 Å². The molecule has 3 aromatic carbocycles. The molecule has 0 aromatic heterocycles. The molecule has 0 spiro atoms. The highest BCUT2D eigenvalue weighted by Gasteiger charge is 2.21. The second-order valence-corrected chi connectivity index (χ2v) is 6.47. The Morgan fingerprint density at radius 2 is 1.22 bits per heavy atom. The topological polar surface area (TPSA) is 17.1 Å². The molecular weight excluding hydrogens is 300 g/mol. The molecule has 0 aliphatic carbocycles. The molecule has 0 saturated heterocycles. The van der Waals surface area contributed by atoms with E-state index in [0.717, 1.165) is 16.7 Å². The Morgan fingerprint density at radius 1 is 0.696 bits per heavy atom. The molecular formula is C21H14OS. The smallest absolute Gasteiger partial charge is 0.186 e. The normalized spacial score (nSPS) is 12.3. The minimum Gasteiger partial charge on any atom is -0.289 e. The van der Waals surface area contributed by atoms with E-state index in [4.69, 9.17) is 0 Å². The van der Waals surface area contributed by atoms with E-state index >= 15 is 0 Å². The molecule has 0 unspecified atom stereocenters. The number of benzene rings is 3. The number of hydrogen-bond donors (Lipinski definition) is 0. The Kier molecular flexibility index (Phi) is 3.60. The van der Waals surface area contributed by atoms with Crippen molar-refractivity contribution in [2.75, 3.05) is 0 Å². The summed E-state index contributed by atoms with van der Waals surface area (Å²) in [6, 6.07) is 25.9. The Bertz CT molecular complexity index is 862. The van der Waals surface area contributed by atoms with E-state index in [2.05, 4.69) is 24.3 Å². The van der Waals surface area contributed by atoms with E-state index < -0.39 is 0 Å². The monoisotopic (exact) mass is 314 g/mol. The third-order valence-electron chi connectivity index (χ3n) is 3.91. The van der Waals surface area contributed by atoms with E-state index in [0.29, 0.717) is 5.56 Å². The first-order valence-electron chi connectivity index (χ1n) is 7.51. The summed E-state index contributed by atoms with van der Waals surface area (Å²) >= 11 is 1.76. The van der Waals surface area contributed by atoms with Gasteiger partial charge in [-0.15, -0.1) is 0 Å². The molecule has 1 aliphatic heterocycles. The van der Waals surface area contributed by atoms with Crippen LogP contribution in [0.15, 0.2) is 94.7 Å². The van der Waals surface area contributed by atoms with Crippen molar-refractivity contribution in [2.45, 2.75) is 9.79 Å². The fourth-order valence-corrected chi connectivity index (χ4v) is 3.90. The Balaban J connectivity index is 1.88. The van der Waals surface area contributed by atoms with Gasteiger partial charge in [-0.25, -0.2) is 0 Å². The van der Waals surface area contributed by atoms with Crippen molar-refractivity contribution < 1.29 is 4.79 Å². The minimum absolute atomic E-state index is 0.0390. The maximum atomic E-state index is 12.6. The van der Waals surface area contributed by atoms with Gasteiger partial charge in [0.15, 0.2) is 5.78 Å². The molecule has 0 radical (unpaired) electrons.